The van der Waals surface area contributed by atoms with Crippen LogP contribution < -0.4 is 10.1 Å². The number of ether oxygens (including phenoxy) is 1. The summed E-state index contributed by atoms with van der Waals surface area (Å²) >= 11 is 0. The molecule has 48 heavy (non-hydrogen) atoms. The zero-order chi connectivity index (χ0) is 35.5. The van der Waals surface area contributed by atoms with Gasteiger partial charge in [0.1, 0.15) is 5.75 Å². The number of carbonyl (C=O) groups excluding carboxylic acids is 1. The standard InChI is InChI=1S/C24H22F6N2O.C11H13NO3/c1-3-6-17-8-5-9-18(23(25,26)27)14-22(17)32-15-20(21(31-32)7-4-2)16-10-12-19(13-11-16)33-24(28,29)30;1-8-2-4-9(5-3-8)11(15)12-7-6-10(13)14/h5,9-15H,3-4,6-7H2,1-2H3;2-5H,6-7H2,1H3,(H,12,15)(H,13,14). The number of allylic oxidation sites excluding steroid dienone is 5. The van der Waals surface area contributed by atoms with Crippen LogP contribution in [0.3, 0.4) is 0 Å². The Bertz CT molecular complexity index is 1690. The predicted octanol–water partition coefficient (Wildman–Crippen LogP) is 8.83. The quantitative estimate of drug-likeness (QED) is 0.157. The fraction of sp³-hybridized carbons (Fsp3) is 0.314. The number of hydrogen-bond acceptors (Lipinski definition) is 4. The van der Waals surface area contributed by atoms with Crippen LogP contribution >= 0.6 is 0 Å². The molecule has 1 heterocycles. The number of carboxylic acids is 1. The van der Waals surface area contributed by atoms with Crippen LogP contribution in [0.5, 0.6) is 5.75 Å². The minimum Gasteiger partial charge on any atom is -0.481 e. The van der Waals surface area contributed by atoms with Crippen LogP contribution in [0.2, 0.25) is 0 Å². The molecule has 4 rings (SSSR count). The van der Waals surface area contributed by atoms with Gasteiger partial charge in [-0.15, -0.1) is 18.9 Å². The first kappa shape index (κ1) is 37.4. The van der Waals surface area contributed by atoms with Gasteiger partial charge in [-0.3, -0.25) is 9.59 Å². The third kappa shape index (κ3) is 11.3. The van der Waals surface area contributed by atoms with Gasteiger partial charge in [0.15, 0.2) is 0 Å². The number of carboxylic acid groups (broad SMARTS) is 1. The number of benzene rings is 2. The van der Waals surface area contributed by atoms with Gasteiger partial charge >= 0.3 is 18.5 Å². The highest BCUT2D eigenvalue weighted by atomic mass is 19.4. The first-order valence-electron chi connectivity index (χ1n) is 15.1. The molecule has 0 saturated carbocycles. The maximum Gasteiger partial charge on any atom is 0.573 e. The van der Waals surface area contributed by atoms with Gasteiger partial charge in [-0.05, 0) is 67.8 Å². The van der Waals surface area contributed by atoms with Gasteiger partial charge in [0.2, 0.25) is 0 Å². The van der Waals surface area contributed by atoms with E-state index in [4.69, 9.17) is 5.11 Å². The minimum atomic E-state index is -4.80. The van der Waals surface area contributed by atoms with E-state index in [0.29, 0.717) is 47.2 Å². The first-order chi connectivity index (χ1) is 22.6. The van der Waals surface area contributed by atoms with Crippen molar-refractivity contribution in [3.63, 3.8) is 0 Å². The van der Waals surface area contributed by atoms with E-state index in [2.05, 4.69) is 20.9 Å². The van der Waals surface area contributed by atoms with Crippen molar-refractivity contribution in [1.29, 1.82) is 0 Å². The topological polar surface area (TPSA) is 93.5 Å². The maximum absolute atomic E-state index is 13.5. The Morgan fingerprint density at radius 1 is 0.958 bits per heavy atom. The molecule has 2 aromatic carbocycles. The van der Waals surface area contributed by atoms with E-state index in [1.807, 2.05) is 32.9 Å². The number of aryl methyl sites for hydroxylation is 2. The van der Waals surface area contributed by atoms with Gasteiger partial charge in [-0.25, -0.2) is 4.68 Å². The molecule has 13 heteroatoms. The van der Waals surface area contributed by atoms with Gasteiger partial charge in [-0.2, -0.15) is 18.3 Å². The van der Waals surface area contributed by atoms with Crippen molar-refractivity contribution in [3.8, 4) is 16.9 Å². The zero-order valence-electron chi connectivity index (χ0n) is 26.5. The number of hydrogen-bond donors (Lipinski definition) is 2. The van der Waals surface area contributed by atoms with Crippen molar-refractivity contribution in [1.82, 2.24) is 15.1 Å². The number of nitrogens with zero attached hydrogens (tertiary/aromatic N) is 2. The van der Waals surface area contributed by atoms with Crippen molar-refractivity contribution in [3.05, 3.63) is 107 Å². The molecule has 0 spiro atoms. The van der Waals surface area contributed by atoms with Gasteiger partial charge < -0.3 is 15.2 Å². The summed E-state index contributed by atoms with van der Waals surface area (Å²) in [5, 5.41) is 15.5. The molecule has 0 aliphatic heterocycles. The summed E-state index contributed by atoms with van der Waals surface area (Å²) in [6.45, 7) is 5.94. The van der Waals surface area contributed by atoms with Crippen molar-refractivity contribution < 1.29 is 45.8 Å². The number of aliphatic carboxylic acids is 1. The molecule has 3 aromatic rings. The summed E-state index contributed by atoms with van der Waals surface area (Å²) in [5.41, 5.74) is 6.41. The lowest BCUT2D eigenvalue weighted by atomic mass is 10.0. The van der Waals surface area contributed by atoms with Gasteiger partial charge in [0.05, 0.1) is 23.4 Å². The highest BCUT2D eigenvalue weighted by Crippen LogP contribution is 2.34. The van der Waals surface area contributed by atoms with Crippen molar-refractivity contribution in [2.45, 2.75) is 65.4 Å². The largest absolute Gasteiger partial charge is 0.573 e. The molecule has 1 amide bonds. The van der Waals surface area contributed by atoms with E-state index in [-0.39, 0.29) is 30.3 Å². The molecule has 0 radical (unpaired) electrons. The second-order valence-corrected chi connectivity index (χ2v) is 10.7. The predicted molar refractivity (Wildman–Crippen MR) is 169 cm³/mol. The van der Waals surface area contributed by atoms with Crippen LogP contribution in [-0.2, 0) is 11.2 Å². The molecule has 1 aromatic heterocycles. The summed E-state index contributed by atoms with van der Waals surface area (Å²) < 4.78 is 83.0. The van der Waals surface area contributed by atoms with Crippen molar-refractivity contribution >= 4 is 17.6 Å². The third-order valence-corrected chi connectivity index (χ3v) is 6.81. The number of nitrogens with one attached hydrogen (secondary N) is 1. The van der Waals surface area contributed by atoms with Gasteiger partial charge in [-0.1, -0.05) is 56.5 Å². The lowest BCUT2D eigenvalue weighted by molar-refractivity contribution is -0.274. The summed E-state index contributed by atoms with van der Waals surface area (Å²) in [6.07, 6.45) is -2.04. The second-order valence-electron chi connectivity index (χ2n) is 10.7. The Kier molecular flexibility index (Phi) is 13.0. The van der Waals surface area contributed by atoms with Crippen LogP contribution in [-0.4, -0.2) is 45.8 Å². The smallest absolute Gasteiger partial charge is 0.481 e. The van der Waals surface area contributed by atoms with E-state index in [9.17, 15) is 35.9 Å². The molecule has 0 atom stereocenters. The summed E-state index contributed by atoms with van der Waals surface area (Å²) in [4.78, 5) is 21.6. The lowest BCUT2D eigenvalue weighted by Gasteiger charge is -2.12. The molecule has 0 bridgehead atoms. The zero-order valence-corrected chi connectivity index (χ0v) is 26.5. The highest BCUT2D eigenvalue weighted by Gasteiger charge is 2.33. The Hall–Kier alpha value is -5.03. The van der Waals surface area contributed by atoms with Crippen LogP contribution in [0, 0.1) is 6.92 Å². The van der Waals surface area contributed by atoms with Gasteiger partial charge in [0, 0.05) is 29.4 Å². The Morgan fingerprint density at radius 3 is 2.17 bits per heavy atom. The number of carbonyl (C=O) groups is 2. The fourth-order valence-corrected chi connectivity index (χ4v) is 4.54. The molecule has 0 fully saturated rings. The minimum absolute atomic E-state index is 0.0579. The van der Waals surface area contributed by atoms with Crippen LogP contribution in [0.4, 0.5) is 26.3 Å². The monoisotopic (exact) mass is 675 g/mol. The molecule has 256 valence electrons. The number of aromatic nitrogens is 2. The summed E-state index contributed by atoms with van der Waals surface area (Å²) in [5.74, 6) is -1.52. The maximum atomic E-state index is 13.5. The number of halogens is 6. The average molecular weight is 676 g/mol. The lowest BCUT2D eigenvalue weighted by Crippen LogP contribution is -2.25. The normalized spacial score (nSPS) is 13.0. The van der Waals surface area contributed by atoms with E-state index in [0.717, 1.165) is 24.1 Å². The average Bonchev–Trinajstić information content (AvgIpc) is 3.28. The molecule has 2 N–H and O–H groups in total. The SMILES string of the molecule is CCCC1=C=CC=C(C(F)(F)F)C=C1n1cc(-c2ccc(OC(F)(F)F)cc2)c(CCC)n1.Cc1ccc(C(=O)NCCC(=O)O)cc1. The van der Waals surface area contributed by atoms with Crippen molar-refractivity contribution in [2.24, 2.45) is 0 Å². The molecule has 0 saturated heterocycles. The van der Waals surface area contributed by atoms with E-state index in [1.165, 1.54) is 35.0 Å². The fourth-order valence-electron chi connectivity index (χ4n) is 4.54. The summed E-state index contributed by atoms with van der Waals surface area (Å²) in [6, 6.07) is 12.4. The second kappa shape index (κ2) is 16.7. The Labute approximate surface area is 273 Å². The van der Waals surface area contributed by atoms with E-state index in [1.54, 1.807) is 18.3 Å². The Morgan fingerprint density at radius 2 is 1.60 bits per heavy atom. The van der Waals surface area contributed by atoms with Crippen LogP contribution in [0.1, 0.15) is 61.1 Å². The van der Waals surface area contributed by atoms with E-state index < -0.39 is 24.1 Å². The highest BCUT2D eigenvalue weighted by molar-refractivity contribution is 5.94. The van der Waals surface area contributed by atoms with Crippen LogP contribution in [0.15, 0.2) is 89.8 Å². The molecular weight excluding hydrogens is 640 g/mol. The first-order valence-corrected chi connectivity index (χ1v) is 15.1. The molecular formula is C35H35F6N3O4. The molecule has 0 unspecified atom stereocenters. The van der Waals surface area contributed by atoms with E-state index >= 15 is 0 Å². The Balaban J connectivity index is 0.000000348. The van der Waals surface area contributed by atoms with Crippen molar-refractivity contribution in [2.75, 3.05) is 6.54 Å². The molecule has 1 aliphatic carbocycles. The summed E-state index contributed by atoms with van der Waals surface area (Å²) in [7, 11) is 0. The molecule has 7 nitrogen and oxygen atoms in total. The molecule has 1 aliphatic rings. The number of amides is 1. The number of alkyl halides is 6. The van der Waals surface area contributed by atoms with Gasteiger partial charge in [0.25, 0.3) is 5.91 Å². The van der Waals surface area contributed by atoms with Crippen LogP contribution in [0.25, 0.3) is 16.8 Å². The third-order valence-electron chi connectivity index (χ3n) is 6.81. The number of rotatable bonds is 11.